The van der Waals surface area contributed by atoms with Crippen molar-refractivity contribution in [2.45, 2.75) is 44.9 Å². The SMILES string of the molecule is CNC(=O)C1CCN(C(=O)CC2CC3CCC2C3)CC1. The summed E-state index contributed by atoms with van der Waals surface area (Å²) in [5, 5.41) is 2.71. The van der Waals surface area contributed by atoms with Crippen molar-refractivity contribution in [2.75, 3.05) is 20.1 Å². The standard InChI is InChI=1S/C16H26N2O2/c1-17-16(20)12-4-6-18(7-5-12)15(19)10-14-9-11-2-3-13(14)8-11/h11-14H,2-10H2,1H3,(H,17,20). The van der Waals surface area contributed by atoms with E-state index in [2.05, 4.69) is 5.32 Å². The molecule has 1 N–H and O–H groups in total. The first-order valence-electron chi connectivity index (χ1n) is 8.16. The summed E-state index contributed by atoms with van der Waals surface area (Å²) >= 11 is 0. The number of nitrogens with one attached hydrogen (secondary N) is 1. The minimum atomic E-state index is 0.103. The molecule has 0 aromatic heterocycles. The minimum absolute atomic E-state index is 0.103. The molecule has 4 nitrogen and oxygen atoms in total. The Morgan fingerprint density at radius 3 is 2.40 bits per heavy atom. The van der Waals surface area contributed by atoms with E-state index in [1.165, 1.54) is 25.7 Å². The lowest BCUT2D eigenvalue weighted by Crippen LogP contribution is -2.43. The van der Waals surface area contributed by atoms with Gasteiger partial charge in [0.15, 0.2) is 0 Å². The van der Waals surface area contributed by atoms with Crippen LogP contribution in [0.1, 0.15) is 44.9 Å². The number of carbonyl (C=O) groups is 2. The van der Waals surface area contributed by atoms with E-state index in [1.807, 2.05) is 4.90 Å². The summed E-state index contributed by atoms with van der Waals surface area (Å²) in [6.45, 7) is 1.52. The molecule has 0 aromatic rings. The molecule has 2 saturated carbocycles. The van der Waals surface area contributed by atoms with Gasteiger partial charge in [-0.1, -0.05) is 6.42 Å². The Morgan fingerprint density at radius 1 is 1.10 bits per heavy atom. The highest BCUT2D eigenvalue weighted by Crippen LogP contribution is 2.49. The van der Waals surface area contributed by atoms with E-state index in [0.29, 0.717) is 11.8 Å². The van der Waals surface area contributed by atoms with Crippen molar-refractivity contribution >= 4 is 11.8 Å². The zero-order chi connectivity index (χ0) is 14.1. The molecule has 3 rings (SSSR count). The zero-order valence-corrected chi connectivity index (χ0v) is 12.4. The van der Waals surface area contributed by atoms with Crippen molar-refractivity contribution in [3.05, 3.63) is 0 Å². The molecule has 3 atom stereocenters. The van der Waals surface area contributed by atoms with Crippen molar-refractivity contribution in [2.24, 2.45) is 23.7 Å². The van der Waals surface area contributed by atoms with Gasteiger partial charge in [-0.2, -0.15) is 0 Å². The Bertz CT molecular complexity index is 388. The first-order chi connectivity index (χ1) is 9.67. The molecule has 0 radical (unpaired) electrons. The lowest BCUT2D eigenvalue weighted by atomic mass is 9.85. The average molecular weight is 278 g/mol. The second-order valence-electron chi connectivity index (χ2n) is 6.91. The molecule has 0 aromatic carbocycles. The molecule has 2 aliphatic carbocycles. The Balaban J connectivity index is 1.46. The Kier molecular flexibility index (Phi) is 3.99. The third kappa shape index (κ3) is 2.70. The first-order valence-corrected chi connectivity index (χ1v) is 8.16. The van der Waals surface area contributed by atoms with Gasteiger partial charge in [-0.05, 0) is 49.9 Å². The molecular formula is C16H26N2O2. The van der Waals surface area contributed by atoms with Crippen LogP contribution in [0.2, 0.25) is 0 Å². The van der Waals surface area contributed by atoms with E-state index in [-0.39, 0.29) is 11.8 Å². The number of carbonyl (C=O) groups excluding carboxylic acids is 2. The summed E-state index contributed by atoms with van der Waals surface area (Å²) in [7, 11) is 1.69. The molecular weight excluding hydrogens is 252 g/mol. The average Bonchev–Trinajstić information content (AvgIpc) is 3.09. The quantitative estimate of drug-likeness (QED) is 0.856. The number of piperidine rings is 1. The molecule has 112 valence electrons. The van der Waals surface area contributed by atoms with Crippen molar-refractivity contribution in [3.63, 3.8) is 0 Å². The van der Waals surface area contributed by atoms with Crippen LogP contribution in [0.25, 0.3) is 0 Å². The van der Waals surface area contributed by atoms with Gasteiger partial charge < -0.3 is 10.2 Å². The highest BCUT2D eigenvalue weighted by atomic mass is 16.2. The van der Waals surface area contributed by atoms with Crippen LogP contribution in [0.15, 0.2) is 0 Å². The first kappa shape index (κ1) is 13.9. The van der Waals surface area contributed by atoms with Gasteiger partial charge in [-0.3, -0.25) is 9.59 Å². The fraction of sp³-hybridized carbons (Fsp3) is 0.875. The predicted octanol–water partition coefficient (Wildman–Crippen LogP) is 1.80. The van der Waals surface area contributed by atoms with Gasteiger partial charge in [0.1, 0.15) is 0 Å². The van der Waals surface area contributed by atoms with Crippen molar-refractivity contribution in [3.8, 4) is 0 Å². The molecule has 0 spiro atoms. The number of amides is 2. The molecule has 20 heavy (non-hydrogen) atoms. The Labute approximate surface area is 121 Å². The van der Waals surface area contributed by atoms with Gasteiger partial charge in [0.05, 0.1) is 0 Å². The normalized spacial score (nSPS) is 33.5. The van der Waals surface area contributed by atoms with Gasteiger partial charge in [0.25, 0.3) is 0 Å². The zero-order valence-electron chi connectivity index (χ0n) is 12.4. The molecule has 3 aliphatic rings. The second-order valence-corrected chi connectivity index (χ2v) is 6.91. The van der Waals surface area contributed by atoms with E-state index in [1.54, 1.807) is 7.05 Å². The molecule has 2 amide bonds. The fourth-order valence-electron chi connectivity index (χ4n) is 4.58. The minimum Gasteiger partial charge on any atom is -0.359 e. The number of hydrogen-bond donors (Lipinski definition) is 1. The van der Waals surface area contributed by atoms with Gasteiger partial charge in [-0.25, -0.2) is 0 Å². The van der Waals surface area contributed by atoms with E-state index in [9.17, 15) is 9.59 Å². The summed E-state index contributed by atoms with van der Waals surface area (Å²) in [5.41, 5.74) is 0. The van der Waals surface area contributed by atoms with Crippen LogP contribution in [0.3, 0.4) is 0 Å². The van der Waals surface area contributed by atoms with E-state index in [0.717, 1.165) is 44.2 Å². The Hall–Kier alpha value is -1.06. The number of fused-ring (bicyclic) bond motifs is 2. The van der Waals surface area contributed by atoms with Crippen molar-refractivity contribution < 1.29 is 9.59 Å². The van der Waals surface area contributed by atoms with Crippen molar-refractivity contribution in [1.82, 2.24) is 10.2 Å². The van der Waals surface area contributed by atoms with Gasteiger partial charge >= 0.3 is 0 Å². The second kappa shape index (κ2) is 5.74. The smallest absolute Gasteiger partial charge is 0.222 e. The number of rotatable bonds is 3. The van der Waals surface area contributed by atoms with E-state index < -0.39 is 0 Å². The van der Waals surface area contributed by atoms with Crippen LogP contribution in [-0.2, 0) is 9.59 Å². The molecule has 1 saturated heterocycles. The molecule has 1 aliphatic heterocycles. The maximum atomic E-state index is 12.4. The van der Waals surface area contributed by atoms with Gasteiger partial charge in [0, 0.05) is 32.5 Å². The number of likely N-dealkylation sites (tertiary alicyclic amines) is 1. The topological polar surface area (TPSA) is 49.4 Å². The highest BCUT2D eigenvalue weighted by Gasteiger charge is 2.40. The van der Waals surface area contributed by atoms with Crippen LogP contribution in [0.5, 0.6) is 0 Å². The molecule has 4 heteroatoms. The Morgan fingerprint density at radius 2 is 1.85 bits per heavy atom. The van der Waals surface area contributed by atoms with Crippen LogP contribution in [0, 0.1) is 23.7 Å². The van der Waals surface area contributed by atoms with Crippen LogP contribution >= 0.6 is 0 Å². The summed E-state index contributed by atoms with van der Waals surface area (Å²) in [5.74, 6) is 2.96. The maximum absolute atomic E-state index is 12.4. The summed E-state index contributed by atoms with van der Waals surface area (Å²) in [6, 6.07) is 0. The molecule has 3 unspecified atom stereocenters. The molecule has 2 bridgehead atoms. The summed E-state index contributed by atoms with van der Waals surface area (Å²) < 4.78 is 0. The van der Waals surface area contributed by atoms with Gasteiger partial charge in [0.2, 0.25) is 11.8 Å². The number of hydrogen-bond acceptors (Lipinski definition) is 2. The number of nitrogens with zero attached hydrogens (tertiary/aromatic N) is 1. The van der Waals surface area contributed by atoms with Crippen LogP contribution < -0.4 is 5.32 Å². The largest absolute Gasteiger partial charge is 0.359 e. The predicted molar refractivity (Wildman–Crippen MR) is 76.9 cm³/mol. The van der Waals surface area contributed by atoms with Crippen LogP contribution in [0.4, 0.5) is 0 Å². The van der Waals surface area contributed by atoms with Crippen LogP contribution in [-0.4, -0.2) is 36.9 Å². The summed E-state index contributed by atoms with van der Waals surface area (Å²) in [4.78, 5) is 26.0. The summed E-state index contributed by atoms with van der Waals surface area (Å²) in [6.07, 6.45) is 7.80. The van der Waals surface area contributed by atoms with Crippen molar-refractivity contribution in [1.29, 1.82) is 0 Å². The van der Waals surface area contributed by atoms with E-state index >= 15 is 0 Å². The fourth-order valence-corrected chi connectivity index (χ4v) is 4.58. The lowest BCUT2D eigenvalue weighted by Gasteiger charge is -2.32. The maximum Gasteiger partial charge on any atom is 0.222 e. The lowest BCUT2D eigenvalue weighted by molar-refractivity contribution is -0.136. The van der Waals surface area contributed by atoms with Gasteiger partial charge in [-0.15, -0.1) is 0 Å². The third-order valence-electron chi connectivity index (χ3n) is 5.79. The monoisotopic (exact) mass is 278 g/mol. The molecule has 1 heterocycles. The van der Waals surface area contributed by atoms with E-state index in [4.69, 9.17) is 0 Å². The molecule has 3 fully saturated rings. The third-order valence-corrected chi connectivity index (χ3v) is 5.79. The highest BCUT2D eigenvalue weighted by molar-refractivity contribution is 5.80.